The average Bonchev–Trinajstić information content (AvgIpc) is 3.10. The SMILES string of the molecule is CC(C)S(=O)(=O)c1csc(C(=O)Nc2cc(C3CC3)[nH]n2)c1Cl. The second-order valence-corrected chi connectivity index (χ2v) is 9.50. The van der Waals surface area contributed by atoms with E-state index >= 15 is 0 Å². The first-order chi connectivity index (χ1) is 10.8. The molecule has 23 heavy (non-hydrogen) atoms. The van der Waals surface area contributed by atoms with Gasteiger partial charge in [-0.1, -0.05) is 11.6 Å². The largest absolute Gasteiger partial charge is 0.304 e. The molecule has 1 saturated carbocycles. The Hall–Kier alpha value is -1.38. The zero-order valence-electron chi connectivity index (χ0n) is 12.6. The predicted octanol–water partition coefficient (Wildman–Crippen LogP) is 3.44. The highest BCUT2D eigenvalue weighted by atomic mass is 35.5. The molecule has 1 fully saturated rings. The van der Waals surface area contributed by atoms with Crippen LogP contribution < -0.4 is 5.32 Å². The molecule has 2 aromatic heterocycles. The molecule has 0 radical (unpaired) electrons. The van der Waals surface area contributed by atoms with Crippen LogP contribution in [-0.2, 0) is 9.84 Å². The van der Waals surface area contributed by atoms with E-state index in [9.17, 15) is 13.2 Å². The van der Waals surface area contributed by atoms with Crippen molar-refractivity contribution >= 4 is 44.5 Å². The molecule has 6 nitrogen and oxygen atoms in total. The summed E-state index contributed by atoms with van der Waals surface area (Å²) in [6.07, 6.45) is 2.26. The van der Waals surface area contributed by atoms with Crippen molar-refractivity contribution in [2.24, 2.45) is 0 Å². The molecule has 2 N–H and O–H groups in total. The number of aromatic nitrogens is 2. The lowest BCUT2D eigenvalue weighted by Gasteiger charge is -2.06. The molecule has 0 spiro atoms. The highest BCUT2D eigenvalue weighted by Gasteiger charge is 2.29. The van der Waals surface area contributed by atoms with Crippen LogP contribution in [0.5, 0.6) is 0 Å². The Morgan fingerprint density at radius 3 is 2.78 bits per heavy atom. The number of nitrogens with one attached hydrogen (secondary N) is 2. The molecule has 1 amide bonds. The molecule has 2 heterocycles. The maximum absolute atomic E-state index is 12.3. The molecule has 2 aromatic rings. The lowest BCUT2D eigenvalue weighted by atomic mass is 10.3. The monoisotopic (exact) mass is 373 g/mol. The number of carbonyl (C=O) groups excluding carboxylic acids is 1. The van der Waals surface area contributed by atoms with E-state index in [0.717, 1.165) is 29.9 Å². The fraction of sp³-hybridized carbons (Fsp3) is 0.429. The van der Waals surface area contributed by atoms with E-state index in [1.807, 2.05) is 0 Å². The number of thiophene rings is 1. The van der Waals surface area contributed by atoms with Crippen LogP contribution in [-0.4, -0.2) is 29.8 Å². The van der Waals surface area contributed by atoms with Gasteiger partial charge in [0.25, 0.3) is 5.91 Å². The number of hydrogen-bond acceptors (Lipinski definition) is 5. The maximum Gasteiger partial charge on any atom is 0.268 e. The van der Waals surface area contributed by atoms with Gasteiger partial charge in [-0.25, -0.2) is 8.42 Å². The lowest BCUT2D eigenvalue weighted by Crippen LogP contribution is -2.15. The maximum atomic E-state index is 12.3. The number of carbonyl (C=O) groups is 1. The number of sulfone groups is 1. The number of nitrogens with zero attached hydrogens (tertiary/aromatic N) is 1. The number of anilines is 1. The third-order valence-corrected chi connectivity index (χ3v) is 7.61. The van der Waals surface area contributed by atoms with Gasteiger partial charge in [0.15, 0.2) is 15.7 Å². The standard InChI is InChI=1S/C14H16ClN3O3S2/c1-7(2)23(20,21)10-6-22-13(12(10)15)14(19)16-11-5-9(17-18-11)8-3-4-8/h5-8H,3-4H2,1-2H3,(H2,16,17,18,19). The van der Waals surface area contributed by atoms with Gasteiger partial charge >= 0.3 is 0 Å². The number of H-pyrrole nitrogens is 1. The third-order valence-electron chi connectivity index (χ3n) is 3.69. The van der Waals surface area contributed by atoms with Gasteiger partial charge < -0.3 is 5.32 Å². The molecular formula is C14H16ClN3O3S2. The normalized spacial score (nSPS) is 15.1. The van der Waals surface area contributed by atoms with E-state index in [1.165, 1.54) is 5.38 Å². The van der Waals surface area contributed by atoms with Gasteiger partial charge in [0.1, 0.15) is 4.88 Å². The van der Waals surface area contributed by atoms with E-state index in [-0.39, 0.29) is 14.8 Å². The molecule has 0 atom stereocenters. The lowest BCUT2D eigenvalue weighted by molar-refractivity contribution is 0.103. The molecule has 0 aromatic carbocycles. The van der Waals surface area contributed by atoms with Crippen LogP contribution in [0.15, 0.2) is 16.3 Å². The Morgan fingerprint density at radius 2 is 2.17 bits per heavy atom. The smallest absolute Gasteiger partial charge is 0.268 e. The molecule has 9 heteroatoms. The van der Waals surface area contributed by atoms with Crippen LogP contribution in [0.4, 0.5) is 5.82 Å². The Morgan fingerprint density at radius 1 is 1.48 bits per heavy atom. The molecule has 0 saturated heterocycles. The molecule has 0 aliphatic heterocycles. The highest BCUT2D eigenvalue weighted by Crippen LogP contribution is 2.39. The molecule has 1 aliphatic carbocycles. The Kier molecular flexibility index (Phi) is 4.24. The third kappa shape index (κ3) is 3.15. The second kappa shape index (κ2) is 5.92. The van der Waals surface area contributed by atoms with Crippen LogP contribution in [0.3, 0.4) is 0 Å². The fourth-order valence-corrected chi connectivity index (χ4v) is 5.08. The van der Waals surface area contributed by atoms with E-state index in [1.54, 1.807) is 19.9 Å². The van der Waals surface area contributed by atoms with E-state index in [2.05, 4.69) is 15.5 Å². The number of halogens is 1. The summed E-state index contributed by atoms with van der Waals surface area (Å²) < 4.78 is 24.4. The van der Waals surface area contributed by atoms with Crippen molar-refractivity contribution in [3.05, 3.63) is 27.0 Å². The van der Waals surface area contributed by atoms with Crippen molar-refractivity contribution in [1.29, 1.82) is 0 Å². The van der Waals surface area contributed by atoms with Gasteiger partial charge in [-0.05, 0) is 26.7 Å². The van der Waals surface area contributed by atoms with Gasteiger partial charge in [-0.15, -0.1) is 11.3 Å². The summed E-state index contributed by atoms with van der Waals surface area (Å²) in [5, 5.41) is 10.4. The topological polar surface area (TPSA) is 91.9 Å². The van der Waals surface area contributed by atoms with Crippen molar-refractivity contribution in [2.45, 2.75) is 42.8 Å². The minimum atomic E-state index is -3.52. The van der Waals surface area contributed by atoms with Gasteiger partial charge in [0, 0.05) is 23.1 Å². The van der Waals surface area contributed by atoms with Crippen molar-refractivity contribution < 1.29 is 13.2 Å². The van der Waals surface area contributed by atoms with Crippen LogP contribution >= 0.6 is 22.9 Å². The summed E-state index contributed by atoms with van der Waals surface area (Å²) in [6.45, 7) is 3.15. The van der Waals surface area contributed by atoms with E-state index < -0.39 is 21.0 Å². The summed E-state index contributed by atoms with van der Waals surface area (Å²) >= 11 is 7.13. The predicted molar refractivity (Wildman–Crippen MR) is 90.2 cm³/mol. The summed E-state index contributed by atoms with van der Waals surface area (Å²) in [6, 6.07) is 1.79. The first kappa shape index (κ1) is 16.5. The van der Waals surface area contributed by atoms with E-state index in [4.69, 9.17) is 11.6 Å². The number of aromatic amines is 1. The van der Waals surface area contributed by atoms with Crippen LogP contribution in [0.2, 0.25) is 5.02 Å². The zero-order valence-corrected chi connectivity index (χ0v) is 15.0. The summed E-state index contributed by atoms with van der Waals surface area (Å²) in [5.41, 5.74) is 1.00. The van der Waals surface area contributed by atoms with Crippen molar-refractivity contribution in [3.8, 4) is 0 Å². The Labute approximate surface area is 143 Å². The Bertz CT molecular complexity index is 850. The van der Waals surface area contributed by atoms with E-state index in [0.29, 0.717) is 11.7 Å². The number of hydrogen-bond donors (Lipinski definition) is 2. The van der Waals surface area contributed by atoms with Crippen molar-refractivity contribution in [2.75, 3.05) is 5.32 Å². The van der Waals surface area contributed by atoms with Crippen LogP contribution in [0.1, 0.15) is 48.0 Å². The molecule has 124 valence electrons. The van der Waals surface area contributed by atoms with Crippen molar-refractivity contribution in [3.63, 3.8) is 0 Å². The quantitative estimate of drug-likeness (QED) is 0.839. The molecule has 1 aliphatic rings. The molecule has 3 rings (SSSR count). The van der Waals surface area contributed by atoms with Crippen LogP contribution in [0, 0.1) is 0 Å². The first-order valence-electron chi connectivity index (χ1n) is 7.18. The van der Waals surface area contributed by atoms with Crippen LogP contribution in [0.25, 0.3) is 0 Å². The van der Waals surface area contributed by atoms with Gasteiger partial charge in [0.2, 0.25) is 0 Å². The molecular weight excluding hydrogens is 358 g/mol. The minimum absolute atomic E-state index is 0.00464. The summed E-state index contributed by atoms with van der Waals surface area (Å²) in [5.74, 6) is 0.454. The molecule has 0 bridgehead atoms. The van der Waals surface area contributed by atoms with Crippen molar-refractivity contribution in [1.82, 2.24) is 10.2 Å². The summed E-state index contributed by atoms with van der Waals surface area (Å²) in [4.78, 5) is 12.5. The van der Waals surface area contributed by atoms with Gasteiger partial charge in [-0.2, -0.15) is 5.10 Å². The first-order valence-corrected chi connectivity index (χ1v) is 9.98. The van der Waals surface area contributed by atoms with Gasteiger partial charge in [0.05, 0.1) is 15.2 Å². The van der Waals surface area contributed by atoms with Gasteiger partial charge in [-0.3, -0.25) is 9.89 Å². The second-order valence-electron chi connectivity index (χ2n) is 5.77. The minimum Gasteiger partial charge on any atom is -0.304 e. The number of rotatable bonds is 5. The fourth-order valence-electron chi connectivity index (χ4n) is 2.10. The number of amides is 1. The molecule has 0 unspecified atom stereocenters. The summed E-state index contributed by atoms with van der Waals surface area (Å²) in [7, 11) is -3.52. The highest BCUT2D eigenvalue weighted by molar-refractivity contribution is 7.92. The zero-order chi connectivity index (χ0) is 16.8. The average molecular weight is 374 g/mol. The Balaban J connectivity index is 1.81.